The number of hydrogen-bond acceptors (Lipinski definition) is 5. The number of rotatable bonds is 4. The number of imidazole rings is 1. The van der Waals surface area contributed by atoms with E-state index in [1.165, 1.54) is 22.3 Å². The lowest BCUT2D eigenvalue weighted by Gasteiger charge is -2.17. The van der Waals surface area contributed by atoms with Crippen LogP contribution in [0.2, 0.25) is 0 Å². The van der Waals surface area contributed by atoms with Gasteiger partial charge in [0.15, 0.2) is 11.2 Å². The fraction of sp³-hybridized carbons (Fsp3) is 0.250. The monoisotopic (exact) mass is 446 g/mol. The van der Waals surface area contributed by atoms with E-state index in [2.05, 4.69) is 27.6 Å². The van der Waals surface area contributed by atoms with E-state index < -0.39 is 11.2 Å². The number of fused-ring (bicyclic) bond motifs is 2. The molecule has 1 N–H and O–H groups in total. The van der Waals surface area contributed by atoms with Crippen LogP contribution in [-0.2, 0) is 27.1 Å². The number of hydrazone groups is 1. The fourth-order valence-electron chi connectivity index (χ4n) is 4.29. The van der Waals surface area contributed by atoms with Gasteiger partial charge < -0.3 is 4.57 Å². The third-order valence-corrected chi connectivity index (χ3v) is 6.09. The molecule has 4 aromatic rings. The van der Waals surface area contributed by atoms with Gasteiger partial charge in [0.1, 0.15) is 5.82 Å². The Morgan fingerprint density at radius 1 is 1.03 bits per heavy atom. The molecule has 0 spiro atoms. The molecule has 5 rings (SSSR count). The van der Waals surface area contributed by atoms with Gasteiger partial charge in [-0.25, -0.2) is 14.6 Å². The van der Waals surface area contributed by atoms with E-state index in [0.29, 0.717) is 11.5 Å². The van der Waals surface area contributed by atoms with Gasteiger partial charge in [-0.2, -0.15) is 10.1 Å². The summed E-state index contributed by atoms with van der Waals surface area (Å²) >= 11 is 0. The maximum absolute atomic E-state index is 13.2. The van der Waals surface area contributed by atoms with Crippen LogP contribution in [0, 0.1) is 5.82 Å². The van der Waals surface area contributed by atoms with Crippen molar-refractivity contribution in [2.45, 2.75) is 25.8 Å². The number of aryl methyl sites for hydroxylation is 3. The summed E-state index contributed by atoms with van der Waals surface area (Å²) in [6.07, 6.45) is 2.89. The van der Waals surface area contributed by atoms with Crippen LogP contribution in [0.3, 0.4) is 0 Å². The van der Waals surface area contributed by atoms with Crippen molar-refractivity contribution in [2.24, 2.45) is 19.2 Å². The van der Waals surface area contributed by atoms with Gasteiger partial charge in [-0.15, -0.1) is 0 Å². The first-order valence-corrected chi connectivity index (χ1v) is 10.8. The molecule has 0 atom stereocenters. The van der Waals surface area contributed by atoms with Crippen molar-refractivity contribution < 1.29 is 4.39 Å². The third-order valence-electron chi connectivity index (χ3n) is 6.09. The summed E-state index contributed by atoms with van der Waals surface area (Å²) in [6, 6.07) is 13.9. The zero-order valence-corrected chi connectivity index (χ0v) is 18.4. The molecule has 1 aliphatic carbocycles. The highest BCUT2D eigenvalue weighted by molar-refractivity contribution is 6.03. The molecule has 0 bridgehead atoms. The van der Waals surface area contributed by atoms with E-state index in [0.717, 1.165) is 35.1 Å². The summed E-state index contributed by atoms with van der Waals surface area (Å²) in [4.78, 5) is 30.6. The van der Waals surface area contributed by atoms with Crippen LogP contribution < -0.4 is 16.7 Å². The Morgan fingerprint density at radius 3 is 2.58 bits per heavy atom. The van der Waals surface area contributed by atoms with E-state index in [9.17, 15) is 14.0 Å². The van der Waals surface area contributed by atoms with Crippen molar-refractivity contribution in [2.75, 3.05) is 5.43 Å². The van der Waals surface area contributed by atoms with Crippen LogP contribution in [0.4, 0.5) is 10.3 Å². The lowest BCUT2D eigenvalue weighted by molar-refractivity contribution is 0.623. The van der Waals surface area contributed by atoms with Crippen molar-refractivity contribution in [1.82, 2.24) is 18.7 Å². The predicted octanol–water partition coefficient (Wildman–Crippen LogP) is 2.77. The first-order valence-electron chi connectivity index (χ1n) is 10.8. The molecule has 0 saturated carbocycles. The van der Waals surface area contributed by atoms with Gasteiger partial charge in [0, 0.05) is 19.7 Å². The lowest BCUT2D eigenvalue weighted by atomic mass is 9.90. The highest BCUT2D eigenvalue weighted by Crippen LogP contribution is 2.22. The van der Waals surface area contributed by atoms with Gasteiger partial charge in [-0.3, -0.25) is 13.9 Å². The molecule has 0 radical (unpaired) electrons. The molecule has 8 nitrogen and oxygen atoms in total. The van der Waals surface area contributed by atoms with Crippen molar-refractivity contribution in [3.63, 3.8) is 0 Å². The molecule has 2 aromatic carbocycles. The van der Waals surface area contributed by atoms with Crippen molar-refractivity contribution in [1.29, 1.82) is 0 Å². The molecule has 0 fully saturated rings. The minimum absolute atomic E-state index is 0.0365. The van der Waals surface area contributed by atoms with E-state index in [1.807, 2.05) is 12.1 Å². The first-order chi connectivity index (χ1) is 15.9. The largest absolute Gasteiger partial charge is 0.332 e. The molecule has 0 aliphatic heterocycles. The maximum atomic E-state index is 13.2. The molecule has 0 amide bonds. The van der Waals surface area contributed by atoms with Crippen molar-refractivity contribution in [3.8, 4) is 0 Å². The second-order valence-corrected chi connectivity index (χ2v) is 8.21. The number of anilines is 1. The van der Waals surface area contributed by atoms with Gasteiger partial charge in [0.2, 0.25) is 5.95 Å². The molecule has 1 aliphatic rings. The van der Waals surface area contributed by atoms with E-state index in [4.69, 9.17) is 0 Å². The summed E-state index contributed by atoms with van der Waals surface area (Å²) in [6.45, 7) is 0.0365. The van der Waals surface area contributed by atoms with Gasteiger partial charge in [0.25, 0.3) is 5.56 Å². The summed E-state index contributed by atoms with van der Waals surface area (Å²) in [5.41, 5.74) is 6.57. The van der Waals surface area contributed by atoms with Crippen LogP contribution in [0.1, 0.15) is 29.5 Å². The number of nitrogens with zero attached hydrogens (tertiary/aromatic N) is 5. The molecule has 0 unspecified atom stereocenters. The number of benzene rings is 2. The minimum atomic E-state index is -0.492. The smallest absolute Gasteiger partial charge is 0.306 e. The number of hydrogen-bond donors (Lipinski definition) is 1. The minimum Gasteiger partial charge on any atom is -0.306 e. The Bertz CT molecular complexity index is 1510. The van der Waals surface area contributed by atoms with Crippen LogP contribution in [-0.4, -0.2) is 24.4 Å². The molecule has 9 heteroatoms. The molecular weight excluding hydrogens is 423 g/mol. The van der Waals surface area contributed by atoms with E-state index >= 15 is 0 Å². The second-order valence-electron chi connectivity index (χ2n) is 8.21. The van der Waals surface area contributed by atoms with Crippen molar-refractivity contribution >= 4 is 22.8 Å². The molecule has 168 valence electrons. The van der Waals surface area contributed by atoms with E-state index in [-0.39, 0.29) is 23.5 Å². The maximum Gasteiger partial charge on any atom is 0.332 e. The Morgan fingerprint density at radius 2 is 1.79 bits per heavy atom. The Hall–Kier alpha value is -4.01. The highest BCUT2D eigenvalue weighted by Gasteiger charge is 2.20. The number of aromatic nitrogens is 4. The topological polar surface area (TPSA) is 86.2 Å². The number of nitrogens with one attached hydrogen (secondary N) is 1. The Labute approximate surface area is 188 Å². The molecule has 2 aromatic heterocycles. The molecule has 0 saturated heterocycles. The van der Waals surface area contributed by atoms with Gasteiger partial charge in [0.05, 0.1) is 12.3 Å². The van der Waals surface area contributed by atoms with Crippen LogP contribution in [0.25, 0.3) is 11.2 Å². The summed E-state index contributed by atoms with van der Waals surface area (Å²) in [5.74, 6) is -0.00815. The summed E-state index contributed by atoms with van der Waals surface area (Å²) in [7, 11) is 3.28. The van der Waals surface area contributed by atoms with Crippen molar-refractivity contribution in [3.05, 3.63) is 91.9 Å². The molecular formula is C24H23FN6O2. The van der Waals surface area contributed by atoms with Crippen LogP contribution >= 0.6 is 0 Å². The Balaban J connectivity index is 1.55. The van der Waals surface area contributed by atoms with Gasteiger partial charge >= 0.3 is 5.69 Å². The zero-order valence-electron chi connectivity index (χ0n) is 18.4. The second kappa shape index (κ2) is 8.16. The highest BCUT2D eigenvalue weighted by atomic mass is 19.1. The SMILES string of the molecule is Cn1c(N/N=C2\CCCc3ccccc32)nc2c1c(=O)n(Cc1ccc(F)cc1)c(=O)n2C. The summed E-state index contributed by atoms with van der Waals surface area (Å²) in [5, 5.41) is 4.58. The Kier molecular flexibility index (Phi) is 5.16. The number of halogens is 1. The predicted molar refractivity (Wildman–Crippen MR) is 125 cm³/mol. The zero-order chi connectivity index (χ0) is 23.1. The normalized spacial score (nSPS) is 14.6. The molecule has 33 heavy (non-hydrogen) atoms. The van der Waals surface area contributed by atoms with Crippen LogP contribution in [0.15, 0.2) is 63.2 Å². The summed E-state index contributed by atoms with van der Waals surface area (Å²) < 4.78 is 17.3. The average Bonchev–Trinajstić information content (AvgIpc) is 3.16. The van der Waals surface area contributed by atoms with E-state index in [1.54, 1.807) is 30.8 Å². The van der Waals surface area contributed by atoms with Gasteiger partial charge in [-0.1, -0.05) is 36.4 Å². The average molecular weight is 446 g/mol. The van der Waals surface area contributed by atoms with Crippen LogP contribution in [0.5, 0.6) is 0 Å². The van der Waals surface area contributed by atoms with Gasteiger partial charge in [-0.05, 0) is 42.5 Å². The third kappa shape index (κ3) is 3.65. The lowest BCUT2D eigenvalue weighted by Crippen LogP contribution is -2.39. The molecule has 2 heterocycles. The fourth-order valence-corrected chi connectivity index (χ4v) is 4.29. The first kappa shape index (κ1) is 20.9. The standard InChI is InChI=1S/C24H23FN6O2/c1-29-20-21(26-23(29)28-27-19-9-5-7-16-6-3-4-8-18(16)19)30(2)24(33)31(22(20)32)14-15-10-12-17(25)13-11-15/h3-4,6,8,10-13H,5,7,9,14H2,1-2H3,(H,26,28)/b27-19+. The quantitative estimate of drug-likeness (QED) is 0.489.